The lowest BCUT2D eigenvalue weighted by Crippen LogP contribution is -2.58. The van der Waals surface area contributed by atoms with Crippen LogP contribution >= 0.6 is 0 Å². The fourth-order valence-electron chi connectivity index (χ4n) is 3.66. The van der Waals surface area contributed by atoms with Crippen LogP contribution in [0.2, 0.25) is 0 Å². The maximum atomic E-state index is 12.8. The number of benzene rings is 1. The Balaban J connectivity index is 1.62. The molecule has 2 aliphatic rings. The van der Waals surface area contributed by atoms with E-state index in [0.717, 1.165) is 25.8 Å². The number of para-hydroxylation sites is 1. The third-order valence-corrected chi connectivity index (χ3v) is 5.23. The monoisotopic (exact) mass is 372 g/mol. The zero-order chi connectivity index (χ0) is 19.4. The lowest BCUT2D eigenvalue weighted by Gasteiger charge is -2.31. The van der Waals surface area contributed by atoms with Crippen LogP contribution in [0, 0.1) is 0 Å². The van der Waals surface area contributed by atoms with Crippen LogP contribution in [-0.4, -0.2) is 53.3 Å². The highest BCUT2D eigenvalue weighted by Crippen LogP contribution is 2.22. The number of amides is 3. The number of rotatable bonds is 5. The lowest BCUT2D eigenvalue weighted by atomic mass is 10.0. The van der Waals surface area contributed by atoms with Crippen LogP contribution in [0.1, 0.15) is 39.5 Å². The number of hydrogen-bond donors (Lipinski definition) is 3. The first-order valence-electron chi connectivity index (χ1n) is 9.61. The topological polar surface area (TPSA) is 90.5 Å². The number of nitrogens with one attached hydrogen (secondary N) is 3. The van der Waals surface area contributed by atoms with E-state index in [1.807, 2.05) is 18.2 Å². The van der Waals surface area contributed by atoms with E-state index in [0.29, 0.717) is 18.7 Å². The van der Waals surface area contributed by atoms with Gasteiger partial charge in [-0.1, -0.05) is 18.2 Å². The molecule has 3 amide bonds. The Hall–Kier alpha value is -2.41. The van der Waals surface area contributed by atoms with Gasteiger partial charge in [-0.15, -0.1) is 0 Å². The molecule has 3 rings (SSSR count). The summed E-state index contributed by atoms with van der Waals surface area (Å²) in [5, 5.41) is 8.84. The fourth-order valence-corrected chi connectivity index (χ4v) is 3.66. The minimum atomic E-state index is -1.09. The highest BCUT2D eigenvalue weighted by Gasteiger charge is 2.40. The van der Waals surface area contributed by atoms with Gasteiger partial charge in [0, 0.05) is 12.2 Å². The van der Waals surface area contributed by atoms with Gasteiger partial charge in [0.25, 0.3) is 0 Å². The molecule has 0 bridgehead atoms. The van der Waals surface area contributed by atoms with Crippen molar-refractivity contribution in [1.29, 1.82) is 0 Å². The summed E-state index contributed by atoms with van der Waals surface area (Å²) >= 11 is 0. The van der Waals surface area contributed by atoms with Crippen LogP contribution < -0.4 is 16.0 Å². The quantitative estimate of drug-likeness (QED) is 0.726. The Morgan fingerprint density at radius 3 is 2.52 bits per heavy atom. The Labute approximate surface area is 159 Å². The molecule has 2 atom stereocenters. The van der Waals surface area contributed by atoms with Crippen molar-refractivity contribution in [3.05, 3.63) is 30.3 Å². The Morgan fingerprint density at radius 2 is 1.85 bits per heavy atom. The van der Waals surface area contributed by atoms with E-state index in [9.17, 15) is 14.4 Å². The van der Waals surface area contributed by atoms with Gasteiger partial charge < -0.3 is 20.9 Å². The number of carbonyl (C=O) groups excluding carboxylic acids is 3. The Bertz CT molecular complexity index is 698. The first-order chi connectivity index (χ1) is 12.9. The van der Waals surface area contributed by atoms with Gasteiger partial charge in [-0.2, -0.15) is 0 Å². The summed E-state index contributed by atoms with van der Waals surface area (Å²) in [6.45, 7) is 4.77. The van der Waals surface area contributed by atoms with Crippen LogP contribution in [0.15, 0.2) is 30.3 Å². The summed E-state index contributed by atoms with van der Waals surface area (Å²) in [5.41, 5.74) is -0.412. The molecule has 0 unspecified atom stereocenters. The molecule has 0 radical (unpaired) electrons. The predicted molar refractivity (Wildman–Crippen MR) is 103 cm³/mol. The molecule has 146 valence electrons. The van der Waals surface area contributed by atoms with Crippen molar-refractivity contribution in [2.24, 2.45) is 0 Å². The zero-order valence-corrected chi connectivity index (χ0v) is 16.0. The molecule has 7 nitrogen and oxygen atoms in total. The number of likely N-dealkylation sites (tertiary alicyclic amines) is 1. The van der Waals surface area contributed by atoms with Gasteiger partial charge in [0.1, 0.15) is 11.6 Å². The van der Waals surface area contributed by atoms with Crippen molar-refractivity contribution >= 4 is 23.4 Å². The van der Waals surface area contributed by atoms with Crippen molar-refractivity contribution in [2.45, 2.75) is 57.2 Å². The minimum Gasteiger partial charge on any atom is -0.340 e. The minimum absolute atomic E-state index is 0.00306. The van der Waals surface area contributed by atoms with Crippen molar-refractivity contribution in [3.63, 3.8) is 0 Å². The molecular weight excluding hydrogens is 344 g/mol. The number of nitrogens with zero attached hydrogens (tertiary/aromatic N) is 1. The summed E-state index contributed by atoms with van der Waals surface area (Å²) in [6.07, 6.45) is 3.22. The van der Waals surface area contributed by atoms with Crippen molar-refractivity contribution in [1.82, 2.24) is 15.5 Å². The maximum Gasteiger partial charge on any atom is 0.249 e. The standard InChI is InChI=1S/C20H28N4O3/c1-20(2,19(27)22-14-8-4-3-5-9-14)23-17(25)16-11-7-13-24(16)18(26)15-10-6-12-21-15/h3-5,8-9,15-16,21H,6-7,10-13H2,1-2H3,(H,22,27)(H,23,25)/t15-,16+/m0/s1. The second kappa shape index (κ2) is 8.08. The number of hydrogen-bond acceptors (Lipinski definition) is 4. The Kier molecular flexibility index (Phi) is 5.79. The highest BCUT2D eigenvalue weighted by molar-refractivity contribution is 6.01. The molecule has 7 heteroatoms. The van der Waals surface area contributed by atoms with Gasteiger partial charge in [0.2, 0.25) is 17.7 Å². The molecule has 2 aliphatic heterocycles. The molecule has 27 heavy (non-hydrogen) atoms. The van der Waals surface area contributed by atoms with Gasteiger partial charge in [0.05, 0.1) is 6.04 Å². The third kappa shape index (κ3) is 4.47. The fraction of sp³-hybridized carbons (Fsp3) is 0.550. The Morgan fingerprint density at radius 1 is 1.11 bits per heavy atom. The summed E-state index contributed by atoms with van der Waals surface area (Å²) < 4.78 is 0. The largest absolute Gasteiger partial charge is 0.340 e. The van der Waals surface area contributed by atoms with E-state index in [1.54, 1.807) is 30.9 Å². The second-order valence-electron chi connectivity index (χ2n) is 7.77. The van der Waals surface area contributed by atoms with Gasteiger partial charge in [-0.3, -0.25) is 14.4 Å². The van der Waals surface area contributed by atoms with Gasteiger partial charge in [-0.25, -0.2) is 0 Å². The smallest absolute Gasteiger partial charge is 0.249 e. The lowest BCUT2D eigenvalue weighted by molar-refractivity contribution is -0.141. The molecular formula is C20H28N4O3. The first-order valence-corrected chi connectivity index (χ1v) is 9.61. The molecule has 0 aromatic heterocycles. The molecule has 0 spiro atoms. The number of anilines is 1. The van der Waals surface area contributed by atoms with Crippen LogP contribution in [0.4, 0.5) is 5.69 Å². The van der Waals surface area contributed by atoms with Crippen LogP contribution in [0.5, 0.6) is 0 Å². The zero-order valence-electron chi connectivity index (χ0n) is 16.0. The second-order valence-corrected chi connectivity index (χ2v) is 7.77. The molecule has 2 fully saturated rings. The summed E-state index contributed by atoms with van der Waals surface area (Å²) in [5.74, 6) is -0.570. The SMILES string of the molecule is CC(C)(NC(=O)[C@H]1CCCN1C(=O)[C@@H]1CCCN1)C(=O)Nc1ccccc1. The highest BCUT2D eigenvalue weighted by atomic mass is 16.2. The van der Waals surface area contributed by atoms with Crippen molar-refractivity contribution in [3.8, 4) is 0 Å². The van der Waals surface area contributed by atoms with E-state index in [-0.39, 0.29) is 23.8 Å². The van der Waals surface area contributed by atoms with Gasteiger partial charge in [-0.05, 0) is 58.2 Å². The van der Waals surface area contributed by atoms with Crippen molar-refractivity contribution < 1.29 is 14.4 Å². The van der Waals surface area contributed by atoms with Crippen molar-refractivity contribution in [2.75, 3.05) is 18.4 Å². The average molecular weight is 372 g/mol. The predicted octanol–water partition coefficient (Wildman–Crippen LogP) is 1.26. The maximum absolute atomic E-state index is 12.8. The first kappa shape index (κ1) is 19.4. The molecule has 1 aromatic carbocycles. The van der Waals surface area contributed by atoms with Gasteiger partial charge in [0.15, 0.2) is 0 Å². The van der Waals surface area contributed by atoms with E-state index >= 15 is 0 Å². The number of carbonyl (C=O) groups is 3. The molecule has 0 saturated carbocycles. The average Bonchev–Trinajstić information content (AvgIpc) is 3.33. The van der Waals surface area contributed by atoms with Crippen LogP contribution in [0.25, 0.3) is 0 Å². The third-order valence-electron chi connectivity index (χ3n) is 5.23. The van der Waals surface area contributed by atoms with Gasteiger partial charge >= 0.3 is 0 Å². The molecule has 0 aliphatic carbocycles. The van der Waals surface area contributed by atoms with E-state index in [4.69, 9.17) is 0 Å². The molecule has 1 aromatic rings. The summed E-state index contributed by atoms with van der Waals surface area (Å²) in [7, 11) is 0. The molecule has 2 saturated heterocycles. The normalized spacial score (nSPS) is 22.5. The molecule has 3 N–H and O–H groups in total. The van der Waals surface area contributed by atoms with Crippen LogP contribution in [-0.2, 0) is 14.4 Å². The molecule has 2 heterocycles. The van der Waals surface area contributed by atoms with E-state index in [2.05, 4.69) is 16.0 Å². The van der Waals surface area contributed by atoms with Crippen LogP contribution in [0.3, 0.4) is 0 Å². The van der Waals surface area contributed by atoms with E-state index < -0.39 is 11.6 Å². The van der Waals surface area contributed by atoms with E-state index in [1.165, 1.54) is 0 Å². The summed E-state index contributed by atoms with van der Waals surface area (Å²) in [6, 6.07) is 8.42. The summed E-state index contributed by atoms with van der Waals surface area (Å²) in [4.78, 5) is 39.8.